The molecule has 32 heavy (non-hydrogen) atoms. The first-order valence-electron chi connectivity index (χ1n) is 10.0. The fourth-order valence-corrected chi connectivity index (χ4v) is 5.08. The Morgan fingerprint density at radius 2 is 1.97 bits per heavy atom. The van der Waals surface area contributed by atoms with Gasteiger partial charge in [0.1, 0.15) is 5.69 Å². The molecule has 3 heterocycles. The number of aliphatic hydroxyl groups is 1. The summed E-state index contributed by atoms with van der Waals surface area (Å²) in [5.74, 6) is 0.674. The number of hydrogen-bond acceptors (Lipinski definition) is 8. The molecule has 0 fully saturated rings. The van der Waals surface area contributed by atoms with E-state index in [1.165, 1.54) is 18.4 Å². The Bertz CT molecular complexity index is 1300. The van der Waals surface area contributed by atoms with E-state index < -0.39 is 5.60 Å². The summed E-state index contributed by atoms with van der Waals surface area (Å²) < 4.78 is 12.8. The monoisotopic (exact) mass is 473 g/mol. The minimum Gasteiger partial charge on any atom is -0.484 e. The standard InChI is InChI=1S/C22H24ClN5O3S/c1-11(2)31-19-18(23)15-9-14(7-8-16(15)26-21(19)30-6)22(29,17-10-24-27-28(17)5)20-12(3)25-13(4)32-20/h7-11,29H,1-6H3/t22-/m0/s1. The van der Waals surface area contributed by atoms with Gasteiger partial charge >= 0.3 is 0 Å². The van der Waals surface area contributed by atoms with Crippen molar-refractivity contribution in [2.24, 2.45) is 7.05 Å². The molecular formula is C22H24ClN5O3S. The molecule has 10 heteroatoms. The maximum atomic E-state index is 12.2. The summed E-state index contributed by atoms with van der Waals surface area (Å²) in [4.78, 5) is 9.77. The minimum atomic E-state index is -1.54. The molecular weight excluding hydrogens is 450 g/mol. The molecule has 0 saturated heterocycles. The number of aryl methyl sites for hydroxylation is 3. The Balaban J connectivity index is 2.01. The van der Waals surface area contributed by atoms with Crippen LogP contribution in [0.25, 0.3) is 10.9 Å². The summed E-state index contributed by atoms with van der Waals surface area (Å²) >= 11 is 8.19. The van der Waals surface area contributed by atoms with E-state index in [1.54, 1.807) is 24.0 Å². The Hall–Kier alpha value is -2.75. The third-order valence-corrected chi connectivity index (χ3v) is 6.69. The second-order valence-electron chi connectivity index (χ2n) is 7.76. The van der Waals surface area contributed by atoms with Crippen LogP contribution in [0, 0.1) is 13.8 Å². The third kappa shape index (κ3) is 3.60. The van der Waals surface area contributed by atoms with Crippen LogP contribution in [-0.2, 0) is 12.6 Å². The number of aromatic nitrogens is 5. The molecule has 0 aliphatic rings. The van der Waals surface area contributed by atoms with Crippen molar-refractivity contribution in [1.82, 2.24) is 25.0 Å². The van der Waals surface area contributed by atoms with E-state index >= 15 is 0 Å². The number of hydrogen-bond donors (Lipinski definition) is 1. The number of methoxy groups -OCH3 is 1. The lowest BCUT2D eigenvalue weighted by atomic mass is 9.87. The van der Waals surface area contributed by atoms with Crippen LogP contribution in [0.4, 0.5) is 0 Å². The first-order chi connectivity index (χ1) is 15.2. The zero-order valence-corrected chi connectivity index (χ0v) is 20.2. The Morgan fingerprint density at radius 1 is 1.22 bits per heavy atom. The van der Waals surface area contributed by atoms with Crippen molar-refractivity contribution >= 4 is 33.8 Å². The van der Waals surface area contributed by atoms with Crippen LogP contribution in [-0.4, -0.2) is 43.3 Å². The molecule has 0 aliphatic heterocycles. The van der Waals surface area contributed by atoms with Gasteiger partial charge in [-0.1, -0.05) is 22.9 Å². The van der Waals surface area contributed by atoms with Crippen molar-refractivity contribution in [3.05, 3.63) is 56.3 Å². The second-order valence-corrected chi connectivity index (χ2v) is 9.34. The van der Waals surface area contributed by atoms with Gasteiger partial charge < -0.3 is 14.6 Å². The fourth-order valence-electron chi connectivity index (χ4n) is 3.77. The number of ether oxygens (including phenoxy) is 2. The van der Waals surface area contributed by atoms with Crippen molar-refractivity contribution in [3.8, 4) is 11.6 Å². The lowest BCUT2D eigenvalue weighted by Gasteiger charge is -2.28. The maximum absolute atomic E-state index is 12.2. The van der Waals surface area contributed by atoms with Gasteiger partial charge in [0, 0.05) is 12.4 Å². The van der Waals surface area contributed by atoms with Gasteiger partial charge in [0.2, 0.25) is 5.75 Å². The molecule has 0 unspecified atom stereocenters. The van der Waals surface area contributed by atoms with E-state index in [2.05, 4.69) is 20.3 Å². The summed E-state index contributed by atoms with van der Waals surface area (Å²) in [5.41, 5.74) is 0.921. The summed E-state index contributed by atoms with van der Waals surface area (Å²) in [6.07, 6.45) is 1.43. The van der Waals surface area contributed by atoms with Gasteiger partial charge in [-0.25, -0.2) is 14.6 Å². The van der Waals surface area contributed by atoms with Crippen molar-refractivity contribution in [1.29, 1.82) is 0 Å². The first kappa shape index (κ1) is 22.4. The molecule has 0 aliphatic carbocycles. The van der Waals surface area contributed by atoms with Crippen LogP contribution in [0.5, 0.6) is 11.6 Å². The highest BCUT2D eigenvalue weighted by Crippen LogP contribution is 2.44. The second kappa shape index (κ2) is 8.31. The maximum Gasteiger partial charge on any atom is 0.258 e. The quantitative estimate of drug-likeness (QED) is 0.449. The molecule has 1 N–H and O–H groups in total. The molecule has 0 bridgehead atoms. The highest BCUT2D eigenvalue weighted by Gasteiger charge is 2.41. The van der Waals surface area contributed by atoms with Gasteiger partial charge in [0.25, 0.3) is 5.88 Å². The number of thiazole rings is 1. The molecule has 168 valence electrons. The van der Waals surface area contributed by atoms with Gasteiger partial charge in [-0.15, -0.1) is 16.4 Å². The van der Waals surface area contributed by atoms with Gasteiger partial charge in [-0.2, -0.15) is 0 Å². The fraction of sp³-hybridized carbons (Fsp3) is 0.364. The minimum absolute atomic E-state index is 0.121. The summed E-state index contributed by atoms with van der Waals surface area (Å²) in [5, 5.41) is 22.1. The van der Waals surface area contributed by atoms with E-state index in [0.717, 1.165) is 10.7 Å². The normalized spacial score (nSPS) is 13.5. The third-order valence-electron chi connectivity index (χ3n) is 5.13. The summed E-state index contributed by atoms with van der Waals surface area (Å²) in [7, 11) is 3.26. The molecule has 4 rings (SSSR count). The largest absolute Gasteiger partial charge is 0.484 e. The molecule has 1 atom stereocenters. The molecule has 0 spiro atoms. The van der Waals surface area contributed by atoms with Crippen LogP contribution in [0.15, 0.2) is 24.4 Å². The number of pyridine rings is 1. The highest BCUT2D eigenvalue weighted by molar-refractivity contribution is 7.11. The molecule has 4 aromatic rings. The highest BCUT2D eigenvalue weighted by atomic mass is 35.5. The number of halogens is 1. The van der Waals surface area contributed by atoms with Gasteiger partial charge in [-0.05, 0) is 45.4 Å². The number of rotatable bonds is 6. The van der Waals surface area contributed by atoms with E-state index in [-0.39, 0.29) is 6.10 Å². The number of nitrogens with zero attached hydrogens (tertiary/aromatic N) is 5. The van der Waals surface area contributed by atoms with E-state index in [1.807, 2.05) is 39.8 Å². The van der Waals surface area contributed by atoms with Crippen LogP contribution < -0.4 is 9.47 Å². The lowest BCUT2D eigenvalue weighted by molar-refractivity contribution is 0.119. The van der Waals surface area contributed by atoms with Crippen molar-refractivity contribution in [3.63, 3.8) is 0 Å². The van der Waals surface area contributed by atoms with Gasteiger partial charge in [0.15, 0.2) is 5.60 Å². The molecule has 0 saturated carbocycles. The summed E-state index contributed by atoms with van der Waals surface area (Å²) in [6, 6.07) is 5.44. The van der Waals surface area contributed by atoms with Crippen LogP contribution in [0.2, 0.25) is 5.02 Å². The predicted molar refractivity (Wildman–Crippen MR) is 124 cm³/mol. The van der Waals surface area contributed by atoms with E-state index in [0.29, 0.717) is 43.7 Å². The number of benzene rings is 1. The smallest absolute Gasteiger partial charge is 0.258 e. The van der Waals surface area contributed by atoms with Crippen LogP contribution in [0.3, 0.4) is 0 Å². The first-order valence-corrected chi connectivity index (χ1v) is 11.2. The molecule has 8 nitrogen and oxygen atoms in total. The van der Waals surface area contributed by atoms with Crippen molar-refractivity contribution < 1.29 is 14.6 Å². The Kier molecular flexibility index (Phi) is 5.83. The molecule has 3 aromatic heterocycles. The molecule has 1 aromatic carbocycles. The van der Waals surface area contributed by atoms with E-state index in [9.17, 15) is 5.11 Å². The Morgan fingerprint density at radius 3 is 2.53 bits per heavy atom. The average molecular weight is 474 g/mol. The van der Waals surface area contributed by atoms with Crippen molar-refractivity contribution in [2.45, 2.75) is 39.4 Å². The Labute approximate surface area is 194 Å². The van der Waals surface area contributed by atoms with Crippen LogP contribution in [0.1, 0.15) is 40.7 Å². The zero-order chi connectivity index (χ0) is 23.2. The SMILES string of the molecule is COc1nc2ccc([C@@](O)(c3sc(C)nc3C)c3cnnn3C)cc2c(Cl)c1OC(C)C. The topological polar surface area (TPSA) is 95.2 Å². The van der Waals surface area contributed by atoms with E-state index in [4.69, 9.17) is 21.1 Å². The molecule has 0 radical (unpaired) electrons. The van der Waals surface area contributed by atoms with Gasteiger partial charge in [-0.3, -0.25) is 0 Å². The van der Waals surface area contributed by atoms with Crippen LogP contribution >= 0.6 is 22.9 Å². The number of fused-ring (bicyclic) bond motifs is 1. The summed E-state index contributed by atoms with van der Waals surface area (Å²) in [6.45, 7) is 7.59. The predicted octanol–water partition coefficient (Wildman–Crippen LogP) is 4.17. The lowest BCUT2D eigenvalue weighted by Crippen LogP contribution is -2.31. The zero-order valence-electron chi connectivity index (χ0n) is 18.7. The van der Waals surface area contributed by atoms with Gasteiger partial charge in [0.05, 0.1) is 45.5 Å². The average Bonchev–Trinajstić information content (AvgIpc) is 3.33. The molecule has 0 amide bonds. The van der Waals surface area contributed by atoms with Crippen molar-refractivity contribution in [2.75, 3.05) is 7.11 Å².